The Hall–Kier alpha value is -0.610. The minimum atomic E-state index is -0.214. The molecular weight excluding hydrogens is 254 g/mol. The SMILES string of the molecule is CCCCCCCCCOC[N+](C)(C)CCOC(C)=O. The van der Waals surface area contributed by atoms with E-state index in [0.717, 1.165) is 24.1 Å². The maximum absolute atomic E-state index is 10.7. The van der Waals surface area contributed by atoms with Crippen LogP contribution in [0.1, 0.15) is 58.8 Å². The van der Waals surface area contributed by atoms with Gasteiger partial charge in [0.2, 0.25) is 0 Å². The van der Waals surface area contributed by atoms with Gasteiger partial charge in [0.05, 0.1) is 20.7 Å². The van der Waals surface area contributed by atoms with E-state index >= 15 is 0 Å². The fourth-order valence-electron chi connectivity index (χ4n) is 1.97. The summed E-state index contributed by atoms with van der Waals surface area (Å²) in [4.78, 5) is 10.7. The minimum absolute atomic E-state index is 0.214. The minimum Gasteiger partial charge on any atom is -0.460 e. The molecule has 0 N–H and O–H groups in total. The van der Waals surface area contributed by atoms with Crippen LogP contribution < -0.4 is 0 Å². The highest BCUT2D eigenvalue weighted by Gasteiger charge is 2.15. The van der Waals surface area contributed by atoms with Gasteiger partial charge in [-0.1, -0.05) is 45.4 Å². The Labute approximate surface area is 125 Å². The number of hydrogen-bond donors (Lipinski definition) is 0. The maximum Gasteiger partial charge on any atom is 0.302 e. The number of unbranched alkanes of at least 4 members (excludes halogenated alkanes) is 6. The summed E-state index contributed by atoms with van der Waals surface area (Å²) in [7, 11) is 4.18. The second-order valence-electron chi connectivity index (χ2n) is 6.16. The van der Waals surface area contributed by atoms with Gasteiger partial charge in [-0.05, 0) is 6.42 Å². The van der Waals surface area contributed by atoms with Crippen LogP contribution in [0.15, 0.2) is 0 Å². The first-order valence-electron chi connectivity index (χ1n) is 8.01. The van der Waals surface area contributed by atoms with Crippen molar-refractivity contribution in [1.82, 2.24) is 0 Å². The number of carbonyl (C=O) groups is 1. The zero-order valence-corrected chi connectivity index (χ0v) is 14.0. The molecule has 0 spiro atoms. The van der Waals surface area contributed by atoms with Crippen molar-refractivity contribution < 1.29 is 18.8 Å². The van der Waals surface area contributed by atoms with E-state index in [2.05, 4.69) is 21.0 Å². The summed E-state index contributed by atoms with van der Waals surface area (Å²) in [5.74, 6) is -0.214. The Kier molecular flexibility index (Phi) is 11.8. The average Bonchev–Trinajstić information content (AvgIpc) is 2.36. The standard InChI is InChI=1S/C16H34NO3/c1-5-6-7-8-9-10-11-13-19-15-17(3,4)12-14-20-16(2)18/h5-15H2,1-4H3/q+1. The van der Waals surface area contributed by atoms with Crippen LogP contribution in [0.25, 0.3) is 0 Å². The van der Waals surface area contributed by atoms with E-state index in [0.29, 0.717) is 13.3 Å². The van der Waals surface area contributed by atoms with E-state index in [-0.39, 0.29) is 5.97 Å². The predicted molar refractivity (Wildman–Crippen MR) is 82.4 cm³/mol. The van der Waals surface area contributed by atoms with E-state index in [1.165, 1.54) is 45.4 Å². The van der Waals surface area contributed by atoms with Crippen molar-refractivity contribution in [1.29, 1.82) is 0 Å². The molecule has 0 aromatic carbocycles. The normalized spacial score (nSPS) is 11.6. The molecule has 0 atom stereocenters. The van der Waals surface area contributed by atoms with Crippen LogP contribution in [-0.4, -0.2) is 51.0 Å². The molecule has 0 aromatic heterocycles. The van der Waals surface area contributed by atoms with E-state index < -0.39 is 0 Å². The first kappa shape index (κ1) is 19.4. The van der Waals surface area contributed by atoms with Crippen LogP contribution in [0, 0.1) is 0 Å². The first-order chi connectivity index (χ1) is 9.48. The highest BCUT2D eigenvalue weighted by molar-refractivity contribution is 5.65. The van der Waals surface area contributed by atoms with Gasteiger partial charge in [-0.25, -0.2) is 0 Å². The molecule has 4 heteroatoms. The summed E-state index contributed by atoms with van der Waals surface area (Å²) in [5.41, 5.74) is 0. The zero-order chi connectivity index (χ0) is 15.3. The molecule has 4 nitrogen and oxygen atoms in total. The number of rotatable bonds is 13. The second kappa shape index (κ2) is 12.2. The number of nitrogens with zero attached hydrogens (tertiary/aromatic N) is 1. The molecule has 0 amide bonds. The summed E-state index contributed by atoms with van der Waals surface area (Å²) >= 11 is 0. The van der Waals surface area contributed by atoms with Gasteiger partial charge < -0.3 is 14.0 Å². The molecule has 0 radical (unpaired) electrons. The van der Waals surface area contributed by atoms with Gasteiger partial charge in [0.1, 0.15) is 13.2 Å². The van der Waals surface area contributed by atoms with Crippen molar-refractivity contribution in [2.75, 3.05) is 40.6 Å². The van der Waals surface area contributed by atoms with Gasteiger partial charge in [-0.3, -0.25) is 4.79 Å². The van der Waals surface area contributed by atoms with Gasteiger partial charge in [-0.15, -0.1) is 0 Å². The van der Waals surface area contributed by atoms with Crippen molar-refractivity contribution in [3.8, 4) is 0 Å². The number of carbonyl (C=O) groups excluding carboxylic acids is 1. The van der Waals surface area contributed by atoms with Crippen molar-refractivity contribution in [2.45, 2.75) is 58.8 Å². The lowest BCUT2D eigenvalue weighted by atomic mass is 10.1. The predicted octanol–water partition coefficient (Wildman–Crippen LogP) is 3.35. The third-order valence-electron chi connectivity index (χ3n) is 3.33. The molecule has 0 aliphatic carbocycles. The summed E-state index contributed by atoms with van der Waals surface area (Å²) in [6, 6.07) is 0. The van der Waals surface area contributed by atoms with Crippen molar-refractivity contribution in [2.24, 2.45) is 0 Å². The summed E-state index contributed by atoms with van der Waals surface area (Å²) in [5, 5.41) is 0. The van der Waals surface area contributed by atoms with E-state index in [9.17, 15) is 4.79 Å². The highest BCUT2D eigenvalue weighted by Crippen LogP contribution is 2.07. The molecule has 0 heterocycles. The number of likely N-dealkylation sites (N-methyl/N-ethyl adjacent to an activating group) is 1. The van der Waals surface area contributed by atoms with Crippen LogP contribution in [0.2, 0.25) is 0 Å². The molecule has 0 bridgehead atoms. The van der Waals surface area contributed by atoms with Crippen LogP contribution in [-0.2, 0) is 14.3 Å². The van der Waals surface area contributed by atoms with Gasteiger partial charge in [0.25, 0.3) is 0 Å². The molecule has 0 saturated heterocycles. The smallest absolute Gasteiger partial charge is 0.302 e. The molecule has 0 aliphatic rings. The monoisotopic (exact) mass is 288 g/mol. The third kappa shape index (κ3) is 13.8. The second-order valence-corrected chi connectivity index (χ2v) is 6.16. The van der Waals surface area contributed by atoms with Gasteiger partial charge in [-0.2, -0.15) is 0 Å². The largest absolute Gasteiger partial charge is 0.460 e. The van der Waals surface area contributed by atoms with Crippen LogP contribution in [0.3, 0.4) is 0 Å². The van der Waals surface area contributed by atoms with E-state index in [1.54, 1.807) is 0 Å². The van der Waals surface area contributed by atoms with E-state index in [4.69, 9.17) is 9.47 Å². The number of hydrogen-bond acceptors (Lipinski definition) is 3. The van der Waals surface area contributed by atoms with Crippen molar-refractivity contribution in [3.63, 3.8) is 0 Å². The lowest BCUT2D eigenvalue weighted by Gasteiger charge is -2.28. The Morgan fingerprint density at radius 1 is 0.950 bits per heavy atom. The van der Waals surface area contributed by atoms with Gasteiger partial charge in [0.15, 0.2) is 6.73 Å². The topological polar surface area (TPSA) is 35.5 Å². The lowest BCUT2D eigenvalue weighted by molar-refractivity contribution is -0.909. The fourth-order valence-corrected chi connectivity index (χ4v) is 1.97. The quantitative estimate of drug-likeness (QED) is 0.226. The van der Waals surface area contributed by atoms with Crippen molar-refractivity contribution >= 4 is 5.97 Å². The van der Waals surface area contributed by atoms with E-state index in [1.807, 2.05) is 0 Å². The molecule has 0 unspecified atom stereocenters. The Morgan fingerprint density at radius 3 is 2.15 bits per heavy atom. The summed E-state index contributed by atoms with van der Waals surface area (Å²) < 4.78 is 11.4. The average molecular weight is 288 g/mol. The summed E-state index contributed by atoms with van der Waals surface area (Å²) in [6.45, 7) is 6.45. The maximum atomic E-state index is 10.7. The van der Waals surface area contributed by atoms with Gasteiger partial charge >= 0.3 is 5.97 Å². The van der Waals surface area contributed by atoms with Gasteiger partial charge in [0, 0.05) is 6.92 Å². The fraction of sp³-hybridized carbons (Fsp3) is 0.938. The number of esters is 1. The molecule has 0 saturated carbocycles. The highest BCUT2D eigenvalue weighted by atomic mass is 16.5. The van der Waals surface area contributed by atoms with Crippen LogP contribution >= 0.6 is 0 Å². The first-order valence-corrected chi connectivity index (χ1v) is 8.01. The molecule has 0 fully saturated rings. The summed E-state index contributed by atoms with van der Waals surface area (Å²) in [6.07, 6.45) is 9.15. The molecule has 20 heavy (non-hydrogen) atoms. The van der Waals surface area contributed by atoms with Crippen LogP contribution in [0.5, 0.6) is 0 Å². The van der Waals surface area contributed by atoms with Crippen LogP contribution in [0.4, 0.5) is 0 Å². The lowest BCUT2D eigenvalue weighted by Crippen LogP contribution is -2.44. The Balaban J connectivity index is 3.37. The molecule has 0 aromatic rings. The molecular formula is C16H34NO3+. The Morgan fingerprint density at radius 2 is 1.55 bits per heavy atom. The molecule has 0 aliphatic heterocycles. The Bertz CT molecular complexity index is 242. The number of ether oxygens (including phenoxy) is 2. The zero-order valence-electron chi connectivity index (χ0n) is 14.0. The molecule has 0 rings (SSSR count). The molecule has 120 valence electrons. The number of quaternary nitrogens is 1. The van der Waals surface area contributed by atoms with Crippen molar-refractivity contribution in [3.05, 3.63) is 0 Å². The third-order valence-corrected chi connectivity index (χ3v) is 3.33.